The SMILES string of the molecule is CC1CCC(=Nc2cccc(NC3CCC(O)CC3)n2)Sc2cc(-c3ccc4cc[nH]c4c3)ccc21. The number of nitrogens with one attached hydrogen (secondary N) is 2. The van der Waals surface area contributed by atoms with E-state index in [1.54, 1.807) is 11.8 Å². The van der Waals surface area contributed by atoms with E-state index in [4.69, 9.17) is 9.98 Å². The summed E-state index contributed by atoms with van der Waals surface area (Å²) < 4.78 is 0. The van der Waals surface area contributed by atoms with Crippen LogP contribution in [-0.2, 0) is 0 Å². The number of rotatable bonds is 4. The van der Waals surface area contributed by atoms with Gasteiger partial charge in [0.1, 0.15) is 5.82 Å². The summed E-state index contributed by atoms with van der Waals surface area (Å²) in [6, 6.07) is 22.0. The van der Waals surface area contributed by atoms with Gasteiger partial charge in [0.25, 0.3) is 0 Å². The molecule has 1 fully saturated rings. The highest BCUT2D eigenvalue weighted by Crippen LogP contribution is 2.40. The van der Waals surface area contributed by atoms with Gasteiger partial charge in [0, 0.05) is 22.7 Å². The number of benzene rings is 2. The molecule has 2 aromatic heterocycles. The molecule has 1 atom stereocenters. The van der Waals surface area contributed by atoms with Gasteiger partial charge in [-0.05, 0) is 96.9 Å². The van der Waals surface area contributed by atoms with E-state index in [-0.39, 0.29) is 6.10 Å². The normalized spacial score (nSPS) is 23.4. The standard InChI is InChI=1S/C30H32N4OS/c1-19-5-14-30(34-29-4-2-3-28(33-29)32-23-9-11-24(35)12-10-23)36-27-18-22(8-13-25(19)27)21-7-6-20-15-16-31-26(20)17-21/h2-4,6-8,13,15-19,23-24,31,35H,5,9-12,14H2,1H3,(H,32,33). The molecule has 1 unspecified atom stereocenters. The number of fused-ring (bicyclic) bond motifs is 2. The summed E-state index contributed by atoms with van der Waals surface area (Å²) in [4.78, 5) is 14.4. The molecule has 5 nitrogen and oxygen atoms in total. The van der Waals surface area contributed by atoms with E-state index in [0.717, 1.165) is 60.7 Å². The quantitative estimate of drug-likeness (QED) is 0.271. The molecule has 3 heterocycles. The Kier molecular flexibility index (Phi) is 6.55. The van der Waals surface area contributed by atoms with Gasteiger partial charge in [-0.3, -0.25) is 0 Å². The first-order valence-electron chi connectivity index (χ1n) is 13.0. The van der Waals surface area contributed by atoms with Crippen LogP contribution in [0.4, 0.5) is 11.6 Å². The van der Waals surface area contributed by atoms with Gasteiger partial charge in [0.15, 0.2) is 5.82 Å². The number of hydrogen-bond donors (Lipinski definition) is 3. The van der Waals surface area contributed by atoms with Crippen LogP contribution in [0.1, 0.15) is 56.9 Å². The first-order chi connectivity index (χ1) is 17.6. The molecule has 1 aliphatic carbocycles. The Bertz CT molecular complexity index is 1400. The number of thioether (sulfide) groups is 1. The topological polar surface area (TPSA) is 73.3 Å². The van der Waals surface area contributed by atoms with Crippen molar-refractivity contribution in [3.63, 3.8) is 0 Å². The van der Waals surface area contributed by atoms with E-state index in [0.29, 0.717) is 12.0 Å². The second-order valence-corrected chi connectivity index (χ2v) is 11.2. The van der Waals surface area contributed by atoms with Crippen molar-refractivity contribution in [1.82, 2.24) is 9.97 Å². The Morgan fingerprint density at radius 2 is 1.81 bits per heavy atom. The van der Waals surface area contributed by atoms with Gasteiger partial charge in [-0.2, -0.15) is 0 Å². The van der Waals surface area contributed by atoms with Crippen molar-refractivity contribution in [2.24, 2.45) is 4.99 Å². The lowest BCUT2D eigenvalue weighted by Crippen LogP contribution is -2.28. The third-order valence-electron chi connectivity index (χ3n) is 7.47. The number of aromatic nitrogens is 2. The molecule has 4 aromatic rings. The molecule has 1 saturated carbocycles. The highest BCUT2D eigenvalue weighted by molar-refractivity contribution is 8.14. The van der Waals surface area contributed by atoms with Crippen molar-refractivity contribution in [1.29, 1.82) is 0 Å². The number of H-pyrrole nitrogens is 1. The molecule has 0 spiro atoms. The minimum Gasteiger partial charge on any atom is -0.393 e. The molecular formula is C30H32N4OS. The maximum atomic E-state index is 9.78. The van der Waals surface area contributed by atoms with Gasteiger partial charge in [0.2, 0.25) is 0 Å². The Labute approximate surface area is 216 Å². The maximum absolute atomic E-state index is 9.78. The van der Waals surface area contributed by atoms with Crippen molar-refractivity contribution >= 4 is 39.3 Å². The fraction of sp³-hybridized carbons (Fsp3) is 0.333. The number of aromatic amines is 1. The molecule has 0 amide bonds. The number of aliphatic hydroxyl groups is 1. The zero-order valence-electron chi connectivity index (χ0n) is 20.6. The Balaban J connectivity index is 1.25. The van der Waals surface area contributed by atoms with Gasteiger partial charge in [0.05, 0.1) is 11.1 Å². The van der Waals surface area contributed by atoms with Crippen molar-refractivity contribution in [2.45, 2.75) is 68.4 Å². The van der Waals surface area contributed by atoms with Crippen LogP contribution in [0.3, 0.4) is 0 Å². The van der Waals surface area contributed by atoms with Crippen LogP contribution in [-0.4, -0.2) is 32.3 Å². The number of nitrogens with zero attached hydrogens (tertiary/aromatic N) is 2. The van der Waals surface area contributed by atoms with Crippen molar-refractivity contribution < 1.29 is 5.11 Å². The largest absolute Gasteiger partial charge is 0.393 e. The Morgan fingerprint density at radius 1 is 0.972 bits per heavy atom. The lowest BCUT2D eigenvalue weighted by atomic mass is 9.93. The minimum atomic E-state index is -0.150. The predicted molar refractivity (Wildman–Crippen MR) is 150 cm³/mol. The summed E-state index contributed by atoms with van der Waals surface area (Å²) in [6.45, 7) is 2.32. The highest BCUT2D eigenvalue weighted by atomic mass is 32.2. The van der Waals surface area contributed by atoms with Crippen LogP contribution in [0.25, 0.3) is 22.0 Å². The molecule has 0 radical (unpaired) electrons. The third kappa shape index (κ3) is 5.06. The molecule has 0 saturated heterocycles. The molecule has 36 heavy (non-hydrogen) atoms. The molecule has 6 heteroatoms. The predicted octanol–water partition coefficient (Wildman–Crippen LogP) is 7.66. The van der Waals surface area contributed by atoms with Crippen LogP contribution in [0.5, 0.6) is 0 Å². The fourth-order valence-electron chi connectivity index (χ4n) is 5.31. The molecule has 2 aromatic carbocycles. The van der Waals surface area contributed by atoms with Gasteiger partial charge in [-0.15, -0.1) is 0 Å². The third-order valence-corrected chi connectivity index (χ3v) is 8.58. The number of anilines is 1. The number of pyridine rings is 1. The monoisotopic (exact) mass is 496 g/mol. The second-order valence-electron chi connectivity index (χ2n) is 10.1. The van der Waals surface area contributed by atoms with Crippen molar-refractivity contribution in [2.75, 3.05) is 5.32 Å². The Hall–Kier alpha value is -3.09. The summed E-state index contributed by atoms with van der Waals surface area (Å²) in [7, 11) is 0. The first kappa shape index (κ1) is 23.3. The van der Waals surface area contributed by atoms with Crippen LogP contribution < -0.4 is 5.32 Å². The number of aliphatic imine (C=N–C) groups is 1. The summed E-state index contributed by atoms with van der Waals surface area (Å²) in [6.07, 6.45) is 7.53. The van der Waals surface area contributed by atoms with E-state index in [1.165, 1.54) is 27.0 Å². The van der Waals surface area contributed by atoms with Crippen LogP contribution in [0, 0.1) is 0 Å². The smallest absolute Gasteiger partial charge is 0.155 e. The van der Waals surface area contributed by atoms with E-state index in [2.05, 4.69) is 59.7 Å². The number of aliphatic hydroxyl groups excluding tert-OH is 1. The molecule has 184 valence electrons. The first-order valence-corrected chi connectivity index (χ1v) is 13.8. The van der Waals surface area contributed by atoms with Crippen LogP contribution in [0.15, 0.2) is 76.7 Å². The van der Waals surface area contributed by atoms with E-state index < -0.39 is 0 Å². The second kappa shape index (κ2) is 10.1. The highest BCUT2D eigenvalue weighted by Gasteiger charge is 2.21. The van der Waals surface area contributed by atoms with Gasteiger partial charge < -0.3 is 15.4 Å². The van der Waals surface area contributed by atoms with E-state index >= 15 is 0 Å². The van der Waals surface area contributed by atoms with Crippen molar-refractivity contribution in [3.05, 3.63) is 72.4 Å². The lowest BCUT2D eigenvalue weighted by Gasteiger charge is -2.26. The van der Waals surface area contributed by atoms with Crippen LogP contribution in [0.2, 0.25) is 0 Å². The molecular weight excluding hydrogens is 464 g/mol. The van der Waals surface area contributed by atoms with Gasteiger partial charge >= 0.3 is 0 Å². The van der Waals surface area contributed by atoms with E-state index in [9.17, 15) is 5.11 Å². The summed E-state index contributed by atoms with van der Waals surface area (Å²) in [5.74, 6) is 2.11. The summed E-state index contributed by atoms with van der Waals surface area (Å²) >= 11 is 1.79. The molecule has 6 rings (SSSR count). The average Bonchev–Trinajstić information content (AvgIpc) is 3.31. The lowest BCUT2D eigenvalue weighted by molar-refractivity contribution is 0.126. The summed E-state index contributed by atoms with van der Waals surface area (Å²) in [5.41, 5.74) is 5.01. The minimum absolute atomic E-state index is 0.150. The zero-order valence-corrected chi connectivity index (χ0v) is 21.4. The van der Waals surface area contributed by atoms with Crippen LogP contribution >= 0.6 is 11.8 Å². The Morgan fingerprint density at radius 3 is 2.69 bits per heavy atom. The molecule has 2 aliphatic rings. The zero-order chi connectivity index (χ0) is 24.5. The molecule has 0 bridgehead atoms. The number of hydrogen-bond acceptors (Lipinski definition) is 5. The summed E-state index contributed by atoms with van der Waals surface area (Å²) in [5, 5.41) is 15.7. The van der Waals surface area contributed by atoms with Crippen molar-refractivity contribution in [3.8, 4) is 11.1 Å². The van der Waals surface area contributed by atoms with Gasteiger partial charge in [-0.25, -0.2) is 9.98 Å². The van der Waals surface area contributed by atoms with E-state index in [1.807, 2.05) is 24.4 Å². The molecule has 3 N–H and O–H groups in total. The molecule has 1 aliphatic heterocycles. The maximum Gasteiger partial charge on any atom is 0.155 e. The average molecular weight is 497 g/mol. The fourth-order valence-corrected chi connectivity index (χ4v) is 6.50. The van der Waals surface area contributed by atoms with Gasteiger partial charge in [-0.1, -0.05) is 49.0 Å².